The molecular weight excluding hydrogens is 427 g/mol. The summed E-state index contributed by atoms with van der Waals surface area (Å²) in [6, 6.07) is 2.21. The molecule has 0 bridgehead atoms. The number of hydrogen-bond acceptors (Lipinski definition) is 5. The Morgan fingerprint density at radius 3 is 2.55 bits per heavy atom. The van der Waals surface area contributed by atoms with Gasteiger partial charge in [0, 0.05) is 51.3 Å². The lowest BCUT2D eigenvalue weighted by atomic mass is 9.91. The maximum Gasteiger partial charge on any atom is 0.337 e. The molecule has 2 aliphatic rings. The molecule has 0 spiro atoms. The molecule has 2 saturated heterocycles. The number of halogens is 1. The van der Waals surface area contributed by atoms with Crippen molar-refractivity contribution in [2.75, 3.05) is 39.4 Å². The van der Waals surface area contributed by atoms with Gasteiger partial charge in [-0.05, 0) is 64.3 Å². The summed E-state index contributed by atoms with van der Waals surface area (Å²) in [7, 11) is 0. The number of rotatable bonds is 5. The van der Waals surface area contributed by atoms with E-state index < -0.39 is 23.1 Å². The van der Waals surface area contributed by atoms with Crippen LogP contribution in [0.2, 0.25) is 0 Å². The molecule has 2 aliphatic heterocycles. The van der Waals surface area contributed by atoms with Gasteiger partial charge in [0.2, 0.25) is 0 Å². The number of ether oxygens (including phenoxy) is 1. The lowest BCUT2D eigenvalue weighted by Gasteiger charge is -2.39. The molecule has 2 aromatic rings. The highest BCUT2D eigenvalue weighted by Gasteiger charge is 2.33. The standard InChI is InChI=1S/C24H35FN4O4/c1-16(2)28-20-12-17(3)19(25)13-21(20)29(23(28)31)22(30)26-14-18-4-8-27(9-5-18)15-24(32)6-10-33-11-7-24/h12-13,16,18,32H,4-11,14-15H2,1-3H3,(H,26,30). The molecule has 0 unspecified atom stereocenters. The number of aryl methyl sites for hydroxylation is 1. The van der Waals surface area contributed by atoms with E-state index in [0.29, 0.717) is 56.1 Å². The summed E-state index contributed by atoms with van der Waals surface area (Å²) in [6.45, 7) is 9.43. The number of amides is 1. The third-order valence-corrected chi connectivity index (χ3v) is 7.06. The lowest BCUT2D eigenvalue weighted by molar-refractivity contribution is -0.0829. The first-order chi connectivity index (χ1) is 15.7. The van der Waals surface area contributed by atoms with Crippen LogP contribution in [0.3, 0.4) is 0 Å². The topological polar surface area (TPSA) is 88.7 Å². The van der Waals surface area contributed by atoms with Crippen LogP contribution in [-0.4, -0.2) is 70.2 Å². The van der Waals surface area contributed by atoms with Crippen LogP contribution in [-0.2, 0) is 4.74 Å². The van der Waals surface area contributed by atoms with E-state index in [4.69, 9.17) is 4.74 Å². The van der Waals surface area contributed by atoms with Gasteiger partial charge in [0.25, 0.3) is 0 Å². The molecule has 8 nitrogen and oxygen atoms in total. The normalized spacial score (nSPS) is 19.9. The van der Waals surface area contributed by atoms with Crippen LogP contribution in [0, 0.1) is 18.7 Å². The number of carbonyl (C=O) groups is 1. The van der Waals surface area contributed by atoms with Crippen molar-refractivity contribution in [1.82, 2.24) is 19.4 Å². The van der Waals surface area contributed by atoms with Gasteiger partial charge in [-0.2, -0.15) is 0 Å². The zero-order valence-electron chi connectivity index (χ0n) is 19.8. The van der Waals surface area contributed by atoms with Gasteiger partial charge in [-0.25, -0.2) is 18.5 Å². The van der Waals surface area contributed by atoms with Crippen LogP contribution in [0.25, 0.3) is 11.0 Å². The van der Waals surface area contributed by atoms with E-state index in [1.54, 1.807) is 13.0 Å². The molecule has 33 heavy (non-hydrogen) atoms. The van der Waals surface area contributed by atoms with Gasteiger partial charge in [-0.15, -0.1) is 0 Å². The number of carbonyl (C=O) groups excluding carboxylic acids is 1. The maximum absolute atomic E-state index is 14.3. The molecule has 0 saturated carbocycles. The van der Waals surface area contributed by atoms with E-state index in [1.807, 2.05) is 13.8 Å². The van der Waals surface area contributed by atoms with Gasteiger partial charge in [-0.3, -0.25) is 4.57 Å². The second kappa shape index (κ2) is 9.56. The molecule has 182 valence electrons. The average molecular weight is 463 g/mol. The number of nitrogens with one attached hydrogen (secondary N) is 1. The predicted molar refractivity (Wildman–Crippen MR) is 124 cm³/mol. The highest BCUT2D eigenvalue weighted by Crippen LogP contribution is 2.25. The summed E-state index contributed by atoms with van der Waals surface area (Å²) in [4.78, 5) is 28.3. The van der Waals surface area contributed by atoms with Gasteiger partial charge >= 0.3 is 11.7 Å². The molecule has 4 rings (SSSR count). The maximum atomic E-state index is 14.3. The first kappa shape index (κ1) is 23.9. The van der Waals surface area contributed by atoms with Crippen molar-refractivity contribution in [3.8, 4) is 0 Å². The van der Waals surface area contributed by atoms with Crippen molar-refractivity contribution in [3.63, 3.8) is 0 Å². The molecule has 2 fully saturated rings. The molecule has 1 amide bonds. The van der Waals surface area contributed by atoms with E-state index in [0.717, 1.165) is 30.5 Å². The van der Waals surface area contributed by atoms with Crippen molar-refractivity contribution in [1.29, 1.82) is 0 Å². The minimum Gasteiger partial charge on any atom is -0.388 e. The highest BCUT2D eigenvalue weighted by atomic mass is 19.1. The van der Waals surface area contributed by atoms with Crippen molar-refractivity contribution in [2.45, 2.75) is 58.1 Å². The van der Waals surface area contributed by atoms with Crippen molar-refractivity contribution < 1.29 is 19.0 Å². The minimum atomic E-state index is -0.668. The first-order valence-electron chi connectivity index (χ1n) is 11.9. The molecule has 9 heteroatoms. The molecular formula is C24H35FN4O4. The fraction of sp³-hybridized carbons (Fsp3) is 0.667. The number of imidazole rings is 1. The second-order valence-electron chi connectivity index (χ2n) is 9.91. The predicted octanol–water partition coefficient (Wildman–Crippen LogP) is 2.64. The number of benzene rings is 1. The fourth-order valence-electron chi connectivity index (χ4n) is 5.02. The van der Waals surface area contributed by atoms with Crippen LogP contribution in [0.5, 0.6) is 0 Å². The van der Waals surface area contributed by atoms with Gasteiger partial charge in [0.05, 0.1) is 16.6 Å². The first-order valence-corrected chi connectivity index (χ1v) is 11.9. The van der Waals surface area contributed by atoms with Crippen LogP contribution in [0.1, 0.15) is 51.1 Å². The summed E-state index contributed by atoms with van der Waals surface area (Å²) in [5.41, 5.74) is 0.157. The van der Waals surface area contributed by atoms with Crippen LogP contribution < -0.4 is 11.0 Å². The molecule has 1 aromatic carbocycles. The van der Waals surface area contributed by atoms with Crippen molar-refractivity contribution in [3.05, 3.63) is 34.0 Å². The summed E-state index contributed by atoms with van der Waals surface area (Å²) < 4.78 is 22.2. The van der Waals surface area contributed by atoms with E-state index in [1.165, 1.54) is 10.6 Å². The fourth-order valence-corrected chi connectivity index (χ4v) is 5.02. The molecule has 3 heterocycles. The third-order valence-electron chi connectivity index (χ3n) is 7.06. The zero-order valence-corrected chi connectivity index (χ0v) is 19.8. The zero-order chi connectivity index (χ0) is 23.8. The average Bonchev–Trinajstić information content (AvgIpc) is 3.04. The van der Waals surface area contributed by atoms with E-state index in [9.17, 15) is 19.1 Å². The number of likely N-dealkylation sites (tertiary alicyclic amines) is 1. The van der Waals surface area contributed by atoms with Gasteiger partial charge < -0.3 is 20.1 Å². The van der Waals surface area contributed by atoms with Crippen molar-refractivity contribution in [2.24, 2.45) is 5.92 Å². The molecule has 2 N–H and O–H groups in total. The number of aromatic nitrogens is 2. The Bertz CT molecular complexity index is 1060. The Kier molecular flexibility index (Phi) is 6.93. The number of piperidine rings is 1. The van der Waals surface area contributed by atoms with Gasteiger partial charge in [0.15, 0.2) is 0 Å². The quantitative estimate of drug-likeness (QED) is 0.713. The van der Waals surface area contributed by atoms with Gasteiger partial charge in [-0.1, -0.05) is 0 Å². The summed E-state index contributed by atoms with van der Waals surface area (Å²) in [6.07, 6.45) is 3.15. The number of fused-ring (bicyclic) bond motifs is 1. The number of hydrogen-bond donors (Lipinski definition) is 2. The highest BCUT2D eigenvalue weighted by molar-refractivity contribution is 5.90. The Labute approximate surface area is 193 Å². The van der Waals surface area contributed by atoms with Crippen LogP contribution in [0.4, 0.5) is 9.18 Å². The Balaban J connectivity index is 1.39. The minimum absolute atomic E-state index is 0.159. The van der Waals surface area contributed by atoms with E-state index in [-0.39, 0.29) is 11.6 Å². The Hall–Kier alpha value is -2.23. The number of nitrogens with zero attached hydrogens (tertiary/aromatic N) is 3. The smallest absolute Gasteiger partial charge is 0.337 e. The SMILES string of the molecule is Cc1cc2c(cc1F)n(C(=O)NCC1CCN(CC3(O)CCOCC3)CC1)c(=O)n2C(C)C. The van der Waals surface area contributed by atoms with Crippen LogP contribution >= 0.6 is 0 Å². The van der Waals surface area contributed by atoms with E-state index >= 15 is 0 Å². The number of β-amino-alcohol motifs (C(OH)–C–C–N with tert-alkyl or cyclic N) is 1. The summed E-state index contributed by atoms with van der Waals surface area (Å²) in [5.74, 6) is -0.147. The Morgan fingerprint density at radius 1 is 1.24 bits per heavy atom. The van der Waals surface area contributed by atoms with Crippen molar-refractivity contribution >= 4 is 17.1 Å². The lowest BCUT2D eigenvalue weighted by Crippen LogP contribution is -2.49. The van der Waals surface area contributed by atoms with Gasteiger partial charge in [0.1, 0.15) is 5.82 Å². The Morgan fingerprint density at radius 2 is 1.91 bits per heavy atom. The number of aliphatic hydroxyl groups is 1. The van der Waals surface area contributed by atoms with E-state index in [2.05, 4.69) is 10.2 Å². The second-order valence-corrected chi connectivity index (χ2v) is 9.91. The molecule has 1 aromatic heterocycles. The monoisotopic (exact) mass is 462 g/mol. The molecule has 0 radical (unpaired) electrons. The van der Waals surface area contributed by atoms with Crippen LogP contribution in [0.15, 0.2) is 16.9 Å². The largest absolute Gasteiger partial charge is 0.388 e. The molecule has 0 aliphatic carbocycles. The molecule has 0 atom stereocenters. The summed E-state index contributed by atoms with van der Waals surface area (Å²) in [5, 5.41) is 13.6. The summed E-state index contributed by atoms with van der Waals surface area (Å²) >= 11 is 0. The third kappa shape index (κ3) is 5.00.